The fourth-order valence-electron chi connectivity index (χ4n) is 5.32. The Balaban J connectivity index is 1.56. The van der Waals surface area contributed by atoms with Crippen LogP contribution in [0.25, 0.3) is 4.85 Å². The molecule has 0 aromatic heterocycles. The minimum atomic E-state index is -0.394. The largest absolute Gasteiger partial charge is 0.497 e. The zero-order valence-corrected chi connectivity index (χ0v) is 16.9. The smallest absolute Gasteiger partial charge is 0.340 e. The number of nitro groups is 1. The predicted molar refractivity (Wildman–Crippen MR) is 114 cm³/mol. The monoisotopic (exact) mass is 391 g/mol. The molecule has 0 amide bonds. The molecule has 1 fully saturated rings. The van der Waals surface area contributed by atoms with Crippen molar-refractivity contribution in [3.63, 3.8) is 0 Å². The van der Waals surface area contributed by atoms with E-state index in [4.69, 9.17) is 4.74 Å². The van der Waals surface area contributed by atoms with Gasteiger partial charge in [0.15, 0.2) is 0 Å². The van der Waals surface area contributed by atoms with Crippen molar-refractivity contribution in [3.8, 4) is 11.8 Å². The molecule has 4 rings (SSSR count). The lowest BCUT2D eigenvalue weighted by atomic mass is 9.55. The van der Waals surface area contributed by atoms with Crippen molar-refractivity contribution in [1.29, 1.82) is 0 Å². The number of hydrogen-bond acceptors (Lipinski definition) is 3. The molecular formula is C24H27N2O3+. The van der Waals surface area contributed by atoms with Gasteiger partial charge in [0.1, 0.15) is 5.75 Å². The second-order valence-electron chi connectivity index (χ2n) is 8.20. The third-order valence-corrected chi connectivity index (χ3v) is 6.77. The van der Waals surface area contributed by atoms with Gasteiger partial charge < -0.3 is 4.74 Å². The Morgan fingerprint density at radius 3 is 2.79 bits per heavy atom. The van der Waals surface area contributed by atoms with Crippen LogP contribution in [0.2, 0.25) is 0 Å². The van der Waals surface area contributed by atoms with Gasteiger partial charge in [-0.2, -0.15) is 0 Å². The van der Waals surface area contributed by atoms with Crippen LogP contribution >= 0.6 is 0 Å². The summed E-state index contributed by atoms with van der Waals surface area (Å²) in [6.45, 7) is 0. The summed E-state index contributed by atoms with van der Waals surface area (Å²) in [6, 6.07) is 16.1. The molecule has 2 aliphatic carbocycles. The molecular weight excluding hydrogens is 364 g/mol. The Bertz CT molecular complexity index is 958. The van der Waals surface area contributed by atoms with E-state index in [0.717, 1.165) is 30.9 Å². The summed E-state index contributed by atoms with van der Waals surface area (Å²) < 4.78 is 5.53. The lowest BCUT2D eigenvalue weighted by molar-refractivity contribution is -0.384. The number of ether oxygens (including phenoxy) is 1. The minimum absolute atomic E-state index is 0.0839. The maximum atomic E-state index is 10.8. The third kappa shape index (κ3) is 3.85. The lowest BCUT2D eigenvalue weighted by Crippen LogP contribution is -2.42. The average molecular weight is 391 g/mol. The number of nitro benzene ring substituents is 1. The molecule has 2 atom stereocenters. The maximum absolute atomic E-state index is 10.8. The highest BCUT2D eigenvalue weighted by atomic mass is 16.6. The molecule has 2 aromatic carbocycles. The van der Waals surface area contributed by atoms with Crippen LogP contribution in [0.15, 0.2) is 42.5 Å². The van der Waals surface area contributed by atoms with Gasteiger partial charge in [0.2, 0.25) is 0 Å². The molecule has 1 unspecified atom stereocenters. The zero-order valence-electron chi connectivity index (χ0n) is 16.9. The Hall–Kier alpha value is -2.87. The Kier molecular flexibility index (Phi) is 5.53. The highest BCUT2D eigenvalue weighted by molar-refractivity contribution is 5.50. The van der Waals surface area contributed by atoms with E-state index in [-0.39, 0.29) is 11.1 Å². The summed E-state index contributed by atoms with van der Waals surface area (Å²) in [5, 5.41) is 10.8. The van der Waals surface area contributed by atoms with Gasteiger partial charge in [-0.3, -0.25) is 10.1 Å². The normalized spacial score (nSPS) is 22.6. The first-order valence-electron chi connectivity index (χ1n) is 10.5. The molecule has 150 valence electrons. The van der Waals surface area contributed by atoms with E-state index in [9.17, 15) is 10.1 Å². The standard InChI is InChI=1S/C24H27N2O3/c1-29-22-13-7-18-6-8-19-5-2-3-14-24(19,23(18)17-22)15-4-16-25-20-9-11-21(12-10-20)26(27)28/h7,9-13,17,19H,2-6,8,14-15H2,1H3/q+1/t19?,24-/m0/s1. The van der Waals surface area contributed by atoms with Crippen LogP contribution in [0.4, 0.5) is 11.4 Å². The van der Waals surface area contributed by atoms with Gasteiger partial charge in [0.05, 0.1) is 18.5 Å². The quantitative estimate of drug-likeness (QED) is 0.446. The number of nitrogens with zero attached hydrogens (tertiary/aromatic N) is 2. The molecule has 0 aliphatic heterocycles. The first kappa shape index (κ1) is 19.4. The number of fused-ring (bicyclic) bond motifs is 3. The molecule has 0 bridgehead atoms. The highest BCUT2D eigenvalue weighted by Gasteiger charge is 2.45. The summed E-state index contributed by atoms with van der Waals surface area (Å²) >= 11 is 0. The van der Waals surface area contributed by atoms with Crippen LogP contribution in [0.5, 0.6) is 5.75 Å². The first-order valence-corrected chi connectivity index (χ1v) is 10.5. The Labute approximate surface area is 171 Å². The van der Waals surface area contributed by atoms with Crippen molar-refractivity contribution >= 4 is 11.4 Å². The Morgan fingerprint density at radius 1 is 1.21 bits per heavy atom. The second kappa shape index (κ2) is 8.24. The van der Waals surface area contributed by atoms with E-state index in [2.05, 4.69) is 29.1 Å². The number of aryl methyl sites for hydroxylation is 1. The minimum Gasteiger partial charge on any atom is -0.497 e. The van der Waals surface area contributed by atoms with Crippen LogP contribution in [-0.2, 0) is 11.8 Å². The molecule has 2 aliphatic rings. The van der Waals surface area contributed by atoms with Gasteiger partial charge in [-0.1, -0.05) is 18.9 Å². The van der Waals surface area contributed by atoms with Gasteiger partial charge >= 0.3 is 5.69 Å². The van der Waals surface area contributed by atoms with E-state index < -0.39 is 4.92 Å². The molecule has 0 N–H and O–H groups in total. The fraction of sp³-hybridized carbons (Fsp3) is 0.458. The Morgan fingerprint density at radius 2 is 2.03 bits per heavy atom. The number of methoxy groups -OCH3 is 1. The molecule has 0 radical (unpaired) electrons. The van der Waals surface area contributed by atoms with E-state index in [1.165, 1.54) is 55.4 Å². The molecule has 0 heterocycles. The fourth-order valence-corrected chi connectivity index (χ4v) is 5.32. The van der Waals surface area contributed by atoms with Gasteiger partial charge in [-0.05, 0) is 71.5 Å². The topological polar surface area (TPSA) is 56.7 Å². The van der Waals surface area contributed by atoms with Crippen LogP contribution in [0.3, 0.4) is 0 Å². The third-order valence-electron chi connectivity index (χ3n) is 6.77. The van der Waals surface area contributed by atoms with Crippen LogP contribution in [0.1, 0.15) is 56.1 Å². The lowest BCUT2D eigenvalue weighted by Gasteiger charge is -2.48. The second-order valence-corrected chi connectivity index (χ2v) is 8.20. The van der Waals surface area contributed by atoms with E-state index >= 15 is 0 Å². The van der Waals surface area contributed by atoms with E-state index in [1.54, 1.807) is 19.2 Å². The van der Waals surface area contributed by atoms with Crippen LogP contribution < -0.4 is 4.74 Å². The van der Waals surface area contributed by atoms with Crippen molar-refractivity contribution in [1.82, 2.24) is 0 Å². The molecule has 5 nitrogen and oxygen atoms in total. The first-order chi connectivity index (χ1) is 14.1. The summed E-state index contributed by atoms with van der Waals surface area (Å²) in [5.74, 6) is 1.66. The molecule has 0 saturated heterocycles. The maximum Gasteiger partial charge on any atom is 0.340 e. The van der Waals surface area contributed by atoms with Crippen molar-refractivity contribution in [2.24, 2.45) is 5.92 Å². The number of rotatable bonds is 4. The zero-order chi connectivity index (χ0) is 20.3. The van der Waals surface area contributed by atoms with Crippen molar-refractivity contribution < 1.29 is 9.66 Å². The van der Waals surface area contributed by atoms with Gasteiger partial charge in [0.25, 0.3) is 11.8 Å². The molecule has 29 heavy (non-hydrogen) atoms. The van der Waals surface area contributed by atoms with E-state index in [1.807, 2.05) is 0 Å². The molecule has 0 spiro atoms. The van der Waals surface area contributed by atoms with Crippen molar-refractivity contribution in [2.45, 2.75) is 56.8 Å². The highest BCUT2D eigenvalue weighted by Crippen LogP contribution is 2.53. The summed E-state index contributed by atoms with van der Waals surface area (Å²) in [6.07, 6.45) is 9.36. The van der Waals surface area contributed by atoms with E-state index in [0.29, 0.717) is 5.69 Å². The van der Waals surface area contributed by atoms with Crippen molar-refractivity contribution in [3.05, 3.63) is 68.6 Å². The molecule has 1 saturated carbocycles. The SMILES string of the molecule is COc1ccc2c(c1)[C@]1(CCC#[N+]c3ccc([N+](=O)[O-])cc3)CCCCC1CC2. The number of hydrogen-bond donors (Lipinski definition) is 0. The van der Waals surface area contributed by atoms with Gasteiger partial charge in [-0.25, -0.2) is 0 Å². The number of benzene rings is 2. The average Bonchev–Trinajstić information content (AvgIpc) is 2.76. The summed E-state index contributed by atoms with van der Waals surface area (Å²) in [7, 11) is 1.74. The van der Waals surface area contributed by atoms with Crippen LogP contribution in [0, 0.1) is 22.1 Å². The molecule has 2 aromatic rings. The van der Waals surface area contributed by atoms with Crippen LogP contribution in [-0.4, -0.2) is 12.0 Å². The van der Waals surface area contributed by atoms with Crippen molar-refractivity contribution in [2.75, 3.05) is 7.11 Å². The van der Waals surface area contributed by atoms with Gasteiger partial charge in [-0.15, -0.1) is 0 Å². The number of non-ortho nitro benzene ring substituents is 1. The summed E-state index contributed by atoms with van der Waals surface area (Å²) in [5.41, 5.74) is 3.93. The summed E-state index contributed by atoms with van der Waals surface area (Å²) in [4.78, 5) is 14.8. The predicted octanol–water partition coefficient (Wildman–Crippen LogP) is 6.42. The van der Waals surface area contributed by atoms with Gasteiger partial charge in [0, 0.05) is 24.3 Å². The molecule has 5 heteroatoms.